The molecule has 2 N–H and O–H groups in total. The summed E-state index contributed by atoms with van der Waals surface area (Å²) >= 11 is 0. The van der Waals surface area contributed by atoms with Crippen LogP contribution in [0.25, 0.3) is 0 Å². The smallest absolute Gasteiger partial charge is 0.246 e. The summed E-state index contributed by atoms with van der Waals surface area (Å²) in [5.41, 5.74) is 1.69. The Morgan fingerprint density at radius 3 is 2.48 bits per heavy atom. The third-order valence-corrected chi connectivity index (χ3v) is 3.38. The number of anilines is 3. The molecule has 0 atom stereocenters. The van der Waals surface area contributed by atoms with Gasteiger partial charge in [0.05, 0.1) is 12.5 Å². The van der Waals surface area contributed by atoms with Gasteiger partial charge in [-0.25, -0.2) is 13.1 Å². The van der Waals surface area contributed by atoms with E-state index in [1.807, 2.05) is 31.1 Å². The van der Waals surface area contributed by atoms with Gasteiger partial charge in [0.25, 0.3) is 0 Å². The van der Waals surface area contributed by atoms with E-state index in [4.69, 9.17) is 0 Å². The molecule has 0 saturated carbocycles. The summed E-state index contributed by atoms with van der Waals surface area (Å²) in [6.45, 7) is -0.0755. The van der Waals surface area contributed by atoms with Gasteiger partial charge in [-0.15, -0.1) is 5.10 Å². The fourth-order valence-corrected chi connectivity index (χ4v) is 2.28. The van der Waals surface area contributed by atoms with Crippen LogP contribution in [-0.4, -0.2) is 49.7 Å². The van der Waals surface area contributed by atoms with Crippen molar-refractivity contribution < 1.29 is 13.2 Å². The van der Waals surface area contributed by atoms with Crippen LogP contribution in [-0.2, 0) is 21.4 Å². The highest BCUT2D eigenvalue weighted by Crippen LogP contribution is 2.15. The Hall–Kier alpha value is -2.62. The van der Waals surface area contributed by atoms with E-state index >= 15 is 0 Å². The minimum absolute atomic E-state index is 0.0654. The van der Waals surface area contributed by atoms with Crippen LogP contribution in [0.15, 0.2) is 30.5 Å². The molecule has 0 saturated heterocycles. The van der Waals surface area contributed by atoms with E-state index in [1.165, 1.54) is 10.9 Å². The predicted octanol–water partition coefficient (Wildman–Crippen LogP) is 0.354. The fraction of sp³-hybridized carbons (Fsp3) is 0.308. The van der Waals surface area contributed by atoms with Gasteiger partial charge in [0.1, 0.15) is 6.54 Å². The molecule has 10 heteroatoms. The number of nitrogens with one attached hydrogen (secondary N) is 2. The number of aromatic nitrogens is 3. The number of hydrogen-bond acceptors (Lipinski definition) is 6. The van der Waals surface area contributed by atoms with Crippen molar-refractivity contribution in [2.75, 3.05) is 35.3 Å². The van der Waals surface area contributed by atoms with E-state index in [0.29, 0.717) is 5.69 Å². The molecule has 124 valence electrons. The first-order valence-electron chi connectivity index (χ1n) is 6.68. The summed E-state index contributed by atoms with van der Waals surface area (Å²) in [5.74, 6) is -0.228. The third kappa shape index (κ3) is 5.25. The molecule has 0 aliphatic carbocycles. The van der Waals surface area contributed by atoms with Gasteiger partial charge in [-0.2, -0.15) is 0 Å². The Morgan fingerprint density at radius 1 is 1.26 bits per heavy atom. The zero-order valence-corrected chi connectivity index (χ0v) is 13.8. The van der Waals surface area contributed by atoms with E-state index in [0.717, 1.165) is 11.9 Å². The highest BCUT2D eigenvalue weighted by molar-refractivity contribution is 7.92. The molecule has 9 nitrogen and oxygen atoms in total. The van der Waals surface area contributed by atoms with E-state index in [9.17, 15) is 13.2 Å². The molecule has 1 aromatic carbocycles. The predicted molar refractivity (Wildman–Crippen MR) is 87.9 cm³/mol. The van der Waals surface area contributed by atoms with Gasteiger partial charge in [0.2, 0.25) is 15.9 Å². The Bertz CT molecular complexity index is 782. The number of sulfonamides is 1. The number of rotatable bonds is 6. The normalized spacial score (nSPS) is 11.1. The summed E-state index contributed by atoms with van der Waals surface area (Å²) < 4.78 is 25.6. The Kier molecular flexibility index (Phi) is 4.84. The molecular formula is C13H18N6O3S. The topological polar surface area (TPSA) is 109 Å². The minimum Gasteiger partial charge on any atom is -0.378 e. The molecule has 0 unspecified atom stereocenters. The Labute approximate surface area is 134 Å². The van der Waals surface area contributed by atoms with E-state index < -0.39 is 10.0 Å². The SMILES string of the molecule is CN(C)c1ccc(NC(=O)Cn2cc(NS(C)(=O)=O)nn2)cc1. The molecule has 1 aromatic heterocycles. The number of amides is 1. The van der Waals surface area contributed by atoms with Crippen molar-refractivity contribution in [1.82, 2.24) is 15.0 Å². The first kappa shape index (κ1) is 16.7. The average Bonchev–Trinajstić information content (AvgIpc) is 2.84. The van der Waals surface area contributed by atoms with Crippen LogP contribution < -0.4 is 14.9 Å². The number of carbonyl (C=O) groups is 1. The number of nitrogens with zero attached hydrogens (tertiary/aromatic N) is 4. The standard InChI is InChI=1S/C13H18N6O3S/c1-18(2)11-6-4-10(5-7-11)14-13(20)9-19-8-12(15-17-19)16-23(3,21)22/h4-8,16H,9H2,1-3H3,(H,14,20). The third-order valence-electron chi connectivity index (χ3n) is 2.80. The minimum atomic E-state index is -3.42. The molecule has 23 heavy (non-hydrogen) atoms. The second kappa shape index (κ2) is 6.65. The molecule has 1 heterocycles. The van der Waals surface area contributed by atoms with Crippen molar-refractivity contribution in [2.24, 2.45) is 0 Å². The molecule has 2 aromatic rings. The summed E-state index contributed by atoms with van der Waals surface area (Å²) in [6, 6.07) is 7.37. The molecule has 2 rings (SSSR count). The lowest BCUT2D eigenvalue weighted by molar-refractivity contribution is -0.116. The van der Waals surface area contributed by atoms with Gasteiger partial charge in [0, 0.05) is 25.5 Å². The highest BCUT2D eigenvalue weighted by Gasteiger charge is 2.09. The lowest BCUT2D eigenvalue weighted by atomic mass is 10.2. The number of hydrogen-bond donors (Lipinski definition) is 2. The first-order valence-corrected chi connectivity index (χ1v) is 8.57. The van der Waals surface area contributed by atoms with Gasteiger partial charge < -0.3 is 10.2 Å². The summed E-state index contributed by atoms with van der Waals surface area (Å²) in [5, 5.41) is 10.1. The fourth-order valence-electron chi connectivity index (χ4n) is 1.80. The van der Waals surface area contributed by atoms with Crippen LogP contribution in [0.5, 0.6) is 0 Å². The Morgan fingerprint density at radius 2 is 1.91 bits per heavy atom. The van der Waals surface area contributed by atoms with E-state index in [2.05, 4.69) is 20.4 Å². The van der Waals surface area contributed by atoms with Crippen LogP contribution in [0.3, 0.4) is 0 Å². The van der Waals surface area contributed by atoms with Crippen molar-refractivity contribution in [2.45, 2.75) is 6.54 Å². The van der Waals surface area contributed by atoms with Crippen molar-refractivity contribution in [1.29, 1.82) is 0 Å². The lowest BCUT2D eigenvalue weighted by Gasteiger charge is -2.13. The number of benzene rings is 1. The summed E-state index contributed by atoms with van der Waals surface area (Å²) in [6.07, 6.45) is 2.35. The molecule has 0 bridgehead atoms. The maximum absolute atomic E-state index is 11.9. The van der Waals surface area contributed by atoms with Crippen LogP contribution >= 0.6 is 0 Å². The van der Waals surface area contributed by atoms with Crippen LogP contribution in [0, 0.1) is 0 Å². The Balaban J connectivity index is 1.94. The zero-order valence-electron chi connectivity index (χ0n) is 13.0. The quantitative estimate of drug-likeness (QED) is 0.787. The molecule has 0 fully saturated rings. The van der Waals surface area contributed by atoms with Crippen LogP contribution in [0.2, 0.25) is 0 Å². The maximum atomic E-state index is 11.9. The first-order chi connectivity index (χ1) is 10.7. The maximum Gasteiger partial charge on any atom is 0.246 e. The molecule has 1 amide bonds. The van der Waals surface area contributed by atoms with E-state index in [1.54, 1.807) is 12.1 Å². The average molecular weight is 338 g/mol. The van der Waals surface area contributed by atoms with Gasteiger partial charge in [-0.1, -0.05) is 5.21 Å². The van der Waals surface area contributed by atoms with Gasteiger partial charge in [0.15, 0.2) is 5.82 Å². The van der Waals surface area contributed by atoms with E-state index in [-0.39, 0.29) is 18.3 Å². The zero-order chi connectivity index (χ0) is 17.0. The number of carbonyl (C=O) groups excluding carboxylic acids is 1. The molecule has 0 radical (unpaired) electrons. The largest absolute Gasteiger partial charge is 0.378 e. The lowest BCUT2D eigenvalue weighted by Crippen LogP contribution is -2.19. The van der Waals surface area contributed by atoms with Crippen molar-refractivity contribution >= 4 is 33.1 Å². The molecule has 0 aliphatic heterocycles. The molecule has 0 spiro atoms. The van der Waals surface area contributed by atoms with Gasteiger partial charge >= 0.3 is 0 Å². The highest BCUT2D eigenvalue weighted by atomic mass is 32.2. The van der Waals surface area contributed by atoms with Crippen molar-refractivity contribution in [3.8, 4) is 0 Å². The van der Waals surface area contributed by atoms with Crippen LogP contribution in [0.4, 0.5) is 17.2 Å². The van der Waals surface area contributed by atoms with Crippen molar-refractivity contribution in [3.05, 3.63) is 30.5 Å². The summed E-state index contributed by atoms with van der Waals surface area (Å²) in [7, 11) is 0.440. The second-order valence-electron chi connectivity index (χ2n) is 5.17. The van der Waals surface area contributed by atoms with Crippen LogP contribution in [0.1, 0.15) is 0 Å². The van der Waals surface area contributed by atoms with Crippen molar-refractivity contribution in [3.63, 3.8) is 0 Å². The molecular weight excluding hydrogens is 320 g/mol. The molecule has 0 aliphatic rings. The van der Waals surface area contributed by atoms with Gasteiger partial charge in [-0.05, 0) is 24.3 Å². The van der Waals surface area contributed by atoms with Gasteiger partial charge in [-0.3, -0.25) is 9.52 Å². The summed E-state index contributed by atoms with van der Waals surface area (Å²) in [4.78, 5) is 13.9. The second-order valence-corrected chi connectivity index (χ2v) is 6.91. The monoisotopic (exact) mass is 338 g/mol.